The smallest absolute Gasteiger partial charge is 0.315 e. The van der Waals surface area contributed by atoms with Crippen molar-refractivity contribution in [2.75, 3.05) is 19.2 Å². The molecule has 6 N–H and O–H groups in total. The predicted molar refractivity (Wildman–Crippen MR) is 208 cm³/mol. The third-order valence-corrected chi connectivity index (χ3v) is 10.9. The van der Waals surface area contributed by atoms with Gasteiger partial charge in [0.25, 0.3) is 5.91 Å². The lowest BCUT2D eigenvalue weighted by Crippen LogP contribution is -2.54. The number of phenols is 1. The average molecular weight is 812 g/mol. The highest BCUT2D eigenvalue weighted by Gasteiger charge is 2.49. The van der Waals surface area contributed by atoms with E-state index < -0.39 is 95.8 Å². The molecule has 5 rings (SSSR count). The third kappa shape index (κ3) is 8.74. The van der Waals surface area contributed by atoms with E-state index in [1.807, 2.05) is 0 Å². The van der Waals surface area contributed by atoms with Crippen LogP contribution in [0, 0.1) is 30.6 Å². The van der Waals surface area contributed by atoms with E-state index in [9.17, 15) is 49.5 Å². The van der Waals surface area contributed by atoms with Crippen molar-refractivity contribution >= 4 is 40.9 Å². The molecule has 4 bridgehead atoms. The van der Waals surface area contributed by atoms with Gasteiger partial charge in [-0.1, -0.05) is 39.0 Å². The number of amides is 1. The van der Waals surface area contributed by atoms with E-state index in [-0.39, 0.29) is 61.9 Å². The second kappa shape index (κ2) is 17.7. The molecule has 0 aromatic heterocycles. The summed E-state index contributed by atoms with van der Waals surface area (Å²) in [5.41, 5.74) is -2.49. The van der Waals surface area contributed by atoms with Gasteiger partial charge < -0.3 is 54.5 Å². The zero-order valence-corrected chi connectivity index (χ0v) is 34.5. The first-order valence-corrected chi connectivity index (χ1v) is 18.7. The van der Waals surface area contributed by atoms with E-state index in [1.165, 1.54) is 66.7 Å². The predicted octanol–water partition coefficient (Wildman–Crippen LogP) is 3.68. The van der Waals surface area contributed by atoms with E-state index >= 15 is 0 Å². The number of fused-ring (bicyclic) bond motifs is 14. The Morgan fingerprint density at radius 1 is 0.897 bits per heavy atom. The first-order valence-electron chi connectivity index (χ1n) is 18.7. The normalized spacial score (nSPS) is 32.1. The molecular formula is C42H53NO15. The van der Waals surface area contributed by atoms with Crippen LogP contribution >= 0.6 is 0 Å². The van der Waals surface area contributed by atoms with E-state index in [0.717, 1.165) is 21.0 Å². The number of esters is 3. The van der Waals surface area contributed by atoms with Gasteiger partial charge in [-0.3, -0.25) is 24.0 Å². The summed E-state index contributed by atoms with van der Waals surface area (Å²) >= 11 is 0. The zero-order valence-electron chi connectivity index (χ0n) is 34.5. The van der Waals surface area contributed by atoms with Crippen molar-refractivity contribution in [2.45, 2.75) is 99.3 Å². The molecule has 0 fully saturated rings. The Morgan fingerprint density at radius 2 is 1.52 bits per heavy atom. The molecule has 0 saturated heterocycles. The maximum absolute atomic E-state index is 14.0. The molecule has 4 aliphatic rings. The van der Waals surface area contributed by atoms with Crippen LogP contribution in [0.25, 0.3) is 5.57 Å². The maximum atomic E-state index is 14.0. The fourth-order valence-electron chi connectivity index (χ4n) is 7.63. The second-order valence-electron chi connectivity index (χ2n) is 15.3. The Bertz CT molecular complexity index is 2040. The summed E-state index contributed by atoms with van der Waals surface area (Å²) in [6.45, 7) is 13.4. The Kier molecular flexibility index (Phi) is 13.8. The number of aromatic hydroxyl groups is 1. The number of ketones is 1. The molecule has 316 valence electrons. The van der Waals surface area contributed by atoms with Crippen molar-refractivity contribution < 1.29 is 73.2 Å². The molecule has 0 unspecified atom stereocenters. The standard InChI is InChI=1S/C42H53NO15/c1-17-13-12-14-18(2)40(51)43-30-20(4)37(57-24(8)44)26-27(34(30)49)33(48)22(6)36-28(26)35(55-16-56-36)19(3)15-42(10,53)39(50)23(7)38(58-25(9)45)29(41(52)54-11)32(47)21(5)31(17)46/h12-15,17,21,23,29,31-32,38-39,46-47,49-50,53H,16H2,1-11H3,(H,43,51)/b13-12+,18-14-,19-15-/t17-,21-,23+,29-,31-,32-,38-,39-,42-/m1/s1. The van der Waals surface area contributed by atoms with Crippen LogP contribution in [0.5, 0.6) is 11.5 Å². The van der Waals surface area contributed by atoms with Crippen molar-refractivity contribution in [1.82, 2.24) is 0 Å². The maximum Gasteiger partial charge on any atom is 0.315 e. The lowest BCUT2D eigenvalue weighted by Gasteiger charge is -2.40. The van der Waals surface area contributed by atoms with Crippen LogP contribution in [0.1, 0.15) is 83.8 Å². The van der Waals surface area contributed by atoms with Crippen LogP contribution < -0.4 is 10.1 Å². The summed E-state index contributed by atoms with van der Waals surface area (Å²) in [7, 11) is 1.06. The molecule has 3 heterocycles. The number of ether oxygens (including phenoxy) is 5. The Morgan fingerprint density at radius 3 is 2.10 bits per heavy atom. The van der Waals surface area contributed by atoms with E-state index in [0.29, 0.717) is 0 Å². The number of methoxy groups -OCH3 is 1. The molecule has 1 aliphatic carbocycles. The molecule has 0 spiro atoms. The topological polar surface area (TPSA) is 245 Å². The molecule has 16 nitrogen and oxygen atoms in total. The highest BCUT2D eigenvalue weighted by atomic mass is 16.7. The summed E-state index contributed by atoms with van der Waals surface area (Å²) in [4.78, 5) is 66.1. The van der Waals surface area contributed by atoms with Crippen LogP contribution in [0.2, 0.25) is 0 Å². The number of nitrogens with one attached hydrogen (secondary N) is 1. The van der Waals surface area contributed by atoms with Crippen LogP contribution in [0.3, 0.4) is 0 Å². The number of phenolic OH excluding ortho intramolecular Hbond substituents is 1. The summed E-state index contributed by atoms with van der Waals surface area (Å²) in [5.74, 6) is -9.71. The van der Waals surface area contributed by atoms with Gasteiger partial charge in [-0.05, 0) is 46.3 Å². The Balaban J connectivity index is 2.10. The van der Waals surface area contributed by atoms with E-state index in [2.05, 4.69) is 5.32 Å². The molecular weight excluding hydrogens is 758 g/mol. The third-order valence-electron chi connectivity index (χ3n) is 10.9. The minimum atomic E-state index is -2.22. The molecule has 9 atom stereocenters. The zero-order chi connectivity index (χ0) is 43.7. The molecule has 0 saturated carbocycles. The Hall–Kier alpha value is -5.29. The summed E-state index contributed by atoms with van der Waals surface area (Å²) in [5, 5.41) is 61.2. The number of hydrogen-bond acceptors (Lipinski definition) is 15. The number of carbonyl (C=O) groups is 5. The van der Waals surface area contributed by atoms with Crippen molar-refractivity contribution in [2.24, 2.45) is 23.7 Å². The number of anilines is 1. The summed E-state index contributed by atoms with van der Waals surface area (Å²) < 4.78 is 28.0. The van der Waals surface area contributed by atoms with Gasteiger partial charge in [0.05, 0.1) is 42.2 Å². The summed E-state index contributed by atoms with van der Waals surface area (Å²) in [6, 6.07) is 0. The molecule has 16 heteroatoms. The monoisotopic (exact) mass is 811 g/mol. The molecule has 0 radical (unpaired) electrons. The van der Waals surface area contributed by atoms with E-state index in [4.69, 9.17) is 23.7 Å². The van der Waals surface area contributed by atoms with Gasteiger partial charge in [0.15, 0.2) is 11.5 Å². The van der Waals surface area contributed by atoms with Crippen LogP contribution in [-0.4, -0.2) is 99.1 Å². The van der Waals surface area contributed by atoms with Gasteiger partial charge >= 0.3 is 17.9 Å². The van der Waals surface area contributed by atoms with E-state index in [1.54, 1.807) is 13.0 Å². The average Bonchev–Trinajstić information content (AvgIpc) is 3.16. The largest absolute Gasteiger partial charge is 0.505 e. The second-order valence-corrected chi connectivity index (χ2v) is 15.3. The first kappa shape index (κ1) is 45.4. The first-order chi connectivity index (χ1) is 27.0. The minimum Gasteiger partial charge on any atom is -0.505 e. The lowest BCUT2D eigenvalue weighted by molar-refractivity contribution is -0.181. The van der Waals surface area contributed by atoms with Gasteiger partial charge in [-0.25, -0.2) is 0 Å². The Labute approximate surface area is 336 Å². The number of Topliss-reactive ketones (excluding diaryl/α,β-unsaturated/α-hetero) is 1. The molecule has 3 aliphatic heterocycles. The fraction of sp³-hybridized carbons (Fsp3) is 0.500. The number of aliphatic hydroxyl groups excluding tert-OH is 3. The van der Waals surface area contributed by atoms with Gasteiger partial charge in [0, 0.05) is 53.9 Å². The van der Waals surface area contributed by atoms with Crippen molar-refractivity contribution in [3.63, 3.8) is 0 Å². The number of carbonyl (C=O) groups excluding carboxylic acids is 5. The van der Waals surface area contributed by atoms with Crippen molar-refractivity contribution in [3.05, 3.63) is 69.2 Å². The van der Waals surface area contributed by atoms with Gasteiger partial charge in [0.2, 0.25) is 6.79 Å². The highest BCUT2D eigenvalue weighted by molar-refractivity contribution is 6.21. The van der Waals surface area contributed by atoms with Gasteiger partial charge in [0.1, 0.15) is 34.9 Å². The number of aliphatic hydroxyl groups is 4. The van der Waals surface area contributed by atoms with Crippen LogP contribution in [-0.2, 0) is 38.1 Å². The SMILES string of the molecule is COC(=O)[C@@H]1[C@H](O)[C@H](C)[C@H](O)[C@H](C)/C=C/C=C(/C)C(=O)Nc2c(C)c(OC(C)=O)c3c(c2O)C(=O)C(C)=C2OCOC(=C23)/C(C)=C\[C@@](C)(O)[C@H](O)[C@@H](C)[C@H]1OC(C)=O. The quantitative estimate of drug-likeness (QED) is 0.145. The van der Waals surface area contributed by atoms with Gasteiger partial charge in [-0.15, -0.1) is 0 Å². The van der Waals surface area contributed by atoms with Crippen LogP contribution in [0.15, 0.2) is 52.5 Å². The molecule has 1 amide bonds. The number of benzene rings is 1. The van der Waals surface area contributed by atoms with Crippen molar-refractivity contribution in [1.29, 1.82) is 0 Å². The number of hydrogen-bond donors (Lipinski definition) is 6. The highest BCUT2D eigenvalue weighted by Crippen LogP contribution is 2.53. The minimum absolute atomic E-state index is 0.00972. The molecule has 58 heavy (non-hydrogen) atoms. The molecule has 1 aromatic rings. The van der Waals surface area contributed by atoms with Gasteiger partial charge in [-0.2, -0.15) is 0 Å². The van der Waals surface area contributed by atoms with Crippen molar-refractivity contribution in [3.8, 4) is 11.5 Å². The lowest BCUT2D eigenvalue weighted by atomic mass is 9.75. The van der Waals surface area contributed by atoms with Crippen LogP contribution in [0.4, 0.5) is 5.69 Å². The summed E-state index contributed by atoms with van der Waals surface area (Å²) in [6.07, 6.45) is -0.811. The fourth-order valence-corrected chi connectivity index (χ4v) is 7.63. The molecule has 1 aromatic carbocycles. The number of rotatable bonds is 3. The number of allylic oxidation sites excluding steroid dienone is 5.